The van der Waals surface area contributed by atoms with Gasteiger partial charge in [0.1, 0.15) is 0 Å². The molecular formula is C16H25Cl2FN2O. The van der Waals surface area contributed by atoms with E-state index in [-0.39, 0.29) is 36.7 Å². The van der Waals surface area contributed by atoms with Gasteiger partial charge in [-0.2, -0.15) is 0 Å². The molecule has 1 aliphatic rings. The maximum absolute atomic E-state index is 13.6. The van der Waals surface area contributed by atoms with Crippen molar-refractivity contribution in [3.63, 3.8) is 0 Å². The van der Waals surface area contributed by atoms with E-state index in [9.17, 15) is 4.39 Å². The highest BCUT2D eigenvalue weighted by atomic mass is 35.5. The lowest BCUT2D eigenvalue weighted by Gasteiger charge is -2.35. The molecule has 1 aromatic rings. The molecule has 0 spiro atoms. The summed E-state index contributed by atoms with van der Waals surface area (Å²) < 4.78 is 18.7. The third-order valence-corrected chi connectivity index (χ3v) is 3.69. The fourth-order valence-electron chi connectivity index (χ4n) is 2.67. The van der Waals surface area contributed by atoms with E-state index in [4.69, 9.17) is 4.74 Å². The minimum absolute atomic E-state index is 0. The summed E-state index contributed by atoms with van der Waals surface area (Å²) in [7, 11) is 1.50. The van der Waals surface area contributed by atoms with Crippen LogP contribution < -0.4 is 10.1 Å². The summed E-state index contributed by atoms with van der Waals surface area (Å²) in [5.41, 5.74) is 2.23. The molecule has 0 amide bonds. The molecule has 1 N–H and O–H groups in total. The van der Waals surface area contributed by atoms with E-state index in [0.717, 1.165) is 43.7 Å². The number of halogens is 3. The molecule has 0 aliphatic carbocycles. The van der Waals surface area contributed by atoms with E-state index in [0.29, 0.717) is 5.75 Å². The highest BCUT2D eigenvalue weighted by Gasteiger charge is 2.23. The Kier molecular flexibility index (Phi) is 9.69. The lowest BCUT2D eigenvalue weighted by atomic mass is 9.97. The number of piperazine rings is 1. The van der Waals surface area contributed by atoms with Crippen molar-refractivity contribution in [3.8, 4) is 5.75 Å². The standard InChI is InChI=1S/C16H23FN2O.2ClH/c1-12(2)10-15(19-8-6-18-7-9-19)13-4-5-14(17)16(11-13)20-3;;/h4-5,11,15,18H,1,6-10H2,2-3H3;2*1H/t15-;;/m0../s1. The van der Waals surface area contributed by atoms with E-state index in [2.05, 4.69) is 16.8 Å². The number of rotatable bonds is 5. The molecule has 0 unspecified atom stereocenters. The average Bonchev–Trinajstić information content (AvgIpc) is 2.46. The Hall–Kier alpha value is -0.810. The van der Waals surface area contributed by atoms with Crippen LogP contribution in [0.4, 0.5) is 4.39 Å². The molecule has 22 heavy (non-hydrogen) atoms. The number of nitrogens with one attached hydrogen (secondary N) is 1. The second kappa shape index (κ2) is 10.1. The van der Waals surface area contributed by atoms with Gasteiger partial charge in [-0.3, -0.25) is 4.90 Å². The molecular weight excluding hydrogens is 326 g/mol. The molecule has 1 fully saturated rings. The van der Waals surface area contributed by atoms with Gasteiger partial charge in [0.2, 0.25) is 0 Å². The van der Waals surface area contributed by atoms with Gasteiger partial charge < -0.3 is 10.1 Å². The molecule has 1 atom stereocenters. The van der Waals surface area contributed by atoms with Gasteiger partial charge in [-0.1, -0.05) is 11.6 Å². The second-order valence-corrected chi connectivity index (χ2v) is 5.36. The Bertz CT molecular complexity index is 479. The Morgan fingerprint density at radius 1 is 1.36 bits per heavy atom. The van der Waals surface area contributed by atoms with Crippen LogP contribution in [0.15, 0.2) is 30.4 Å². The SMILES string of the molecule is C=C(C)C[C@@H](c1ccc(F)c(OC)c1)N1CCNCC1.Cl.Cl. The summed E-state index contributed by atoms with van der Waals surface area (Å²) in [5.74, 6) is -0.00464. The van der Waals surface area contributed by atoms with Crippen LogP contribution in [0, 0.1) is 5.82 Å². The predicted molar refractivity (Wildman–Crippen MR) is 94.1 cm³/mol. The number of nitrogens with zero attached hydrogens (tertiary/aromatic N) is 1. The summed E-state index contributed by atoms with van der Waals surface area (Å²) >= 11 is 0. The van der Waals surface area contributed by atoms with Gasteiger partial charge in [0.25, 0.3) is 0 Å². The van der Waals surface area contributed by atoms with Crippen LogP contribution in [0.3, 0.4) is 0 Å². The van der Waals surface area contributed by atoms with Crippen molar-refractivity contribution in [2.24, 2.45) is 0 Å². The van der Waals surface area contributed by atoms with Crippen LogP contribution in [0.25, 0.3) is 0 Å². The van der Waals surface area contributed by atoms with E-state index in [1.807, 2.05) is 19.1 Å². The van der Waals surface area contributed by atoms with Crippen LogP contribution in [0.1, 0.15) is 24.9 Å². The minimum Gasteiger partial charge on any atom is -0.494 e. The first-order valence-electron chi connectivity index (χ1n) is 7.04. The Morgan fingerprint density at radius 2 is 2.00 bits per heavy atom. The largest absolute Gasteiger partial charge is 0.494 e. The summed E-state index contributed by atoms with van der Waals surface area (Å²) in [5, 5.41) is 3.36. The zero-order chi connectivity index (χ0) is 14.5. The third kappa shape index (κ3) is 5.43. The van der Waals surface area contributed by atoms with E-state index >= 15 is 0 Å². The molecule has 1 heterocycles. The van der Waals surface area contributed by atoms with Crippen molar-refractivity contribution < 1.29 is 9.13 Å². The molecule has 0 bridgehead atoms. The fraction of sp³-hybridized carbons (Fsp3) is 0.500. The van der Waals surface area contributed by atoms with Crippen molar-refractivity contribution >= 4 is 24.8 Å². The van der Waals surface area contributed by atoms with Crippen molar-refractivity contribution in [1.82, 2.24) is 10.2 Å². The van der Waals surface area contributed by atoms with Crippen molar-refractivity contribution in [1.29, 1.82) is 0 Å². The first-order chi connectivity index (χ1) is 9.61. The highest BCUT2D eigenvalue weighted by molar-refractivity contribution is 5.85. The number of hydrogen-bond acceptors (Lipinski definition) is 3. The maximum atomic E-state index is 13.6. The summed E-state index contributed by atoms with van der Waals surface area (Å²) in [4.78, 5) is 2.43. The molecule has 1 saturated heterocycles. The van der Waals surface area contributed by atoms with Crippen molar-refractivity contribution in [2.45, 2.75) is 19.4 Å². The van der Waals surface area contributed by atoms with Gasteiger partial charge in [-0.15, -0.1) is 31.4 Å². The van der Waals surface area contributed by atoms with Crippen LogP contribution in [-0.2, 0) is 0 Å². The van der Waals surface area contributed by atoms with E-state index in [1.165, 1.54) is 13.2 Å². The van der Waals surface area contributed by atoms with E-state index in [1.54, 1.807) is 0 Å². The first kappa shape index (κ1) is 21.2. The van der Waals surface area contributed by atoms with Crippen LogP contribution in [0.5, 0.6) is 5.75 Å². The smallest absolute Gasteiger partial charge is 0.165 e. The number of hydrogen-bond donors (Lipinski definition) is 1. The first-order valence-corrected chi connectivity index (χ1v) is 7.04. The lowest BCUT2D eigenvalue weighted by Crippen LogP contribution is -2.45. The molecule has 126 valence electrons. The topological polar surface area (TPSA) is 24.5 Å². The normalized spacial score (nSPS) is 16.1. The van der Waals surface area contributed by atoms with Crippen LogP contribution in [0.2, 0.25) is 0 Å². The molecule has 0 radical (unpaired) electrons. The van der Waals surface area contributed by atoms with E-state index < -0.39 is 0 Å². The van der Waals surface area contributed by atoms with Crippen molar-refractivity contribution in [3.05, 3.63) is 41.7 Å². The molecule has 3 nitrogen and oxygen atoms in total. The highest BCUT2D eigenvalue weighted by Crippen LogP contribution is 2.30. The third-order valence-electron chi connectivity index (χ3n) is 3.69. The summed E-state index contributed by atoms with van der Waals surface area (Å²) in [6, 6.07) is 5.39. The Labute approximate surface area is 144 Å². The van der Waals surface area contributed by atoms with Gasteiger partial charge in [0, 0.05) is 32.2 Å². The maximum Gasteiger partial charge on any atom is 0.165 e. The lowest BCUT2D eigenvalue weighted by molar-refractivity contribution is 0.172. The zero-order valence-electron chi connectivity index (χ0n) is 13.1. The van der Waals surface area contributed by atoms with Gasteiger partial charge in [-0.05, 0) is 31.0 Å². The second-order valence-electron chi connectivity index (χ2n) is 5.36. The molecule has 6 heteroatoms. The molecule has 1 aromatic carbocycles. The summed E-state index contributed by atoms with van der Waals surface area (Å²) in [6.45, 7) is 10.0. The van der Waals surface area contributed by atoms with Gasteiger partial charge in [0.15, 0.2) is 11.6 Å². The van der Waals surface area contributed by atoms with Crippen LogP contribution >= 0.6 is 24.8 Å². The molecule has 0 aromatic heterocycles. The molecule has 2 rings (SSSR count). The quantitative estimate of drug-likeness (QED) is 0.821. The van der Waals surface area contributed by atoms with Gasteiger partial charge in [0.05, 0.1) is 7.11 Å². The Morgan fingerprint density at radius 3 is 2.55 bits per heavy atom. The Balaban J connectivity index is 0.00000220. The minimum atomic E-state index is -0.314. The average molecular weight is 351 g/mol. The van der Waals surface area contributed by atoms with Crippen molar-refractivity contribution in [2.75, 3.05) is 33.3 Å². The predicted octanol–water partition coefficient (Wildman–Crippen LogP) is 3.59. The van der Waals surface area contributed by atoms with Gasteiger partial charge in [-0.25, -0.2) is 4.39 Å². The fourth-order valence-corrected chi connectivity index (χ4v) is 2.67. The molecule has 0 saturated carbocycles. The van der Waals surface area contributed by atoms with Crippen LogP contribution in [-0.4, -0.2) is 38.2 Å². The number of methoxy groups -OCH3 is 1. The summed E-state index contributed by atoms with van der Waals surface area (Å²) in [6.07, 6.45) is 0.884. The molecule has 1 aliphatic heterocycles. The van der Waals surface area contributed by atoms with Gasteiger partial charge >= 0.3 is 0 Å². The monoisotopic (exact) mass is 350 g/mol. The zero-order valence-corrected chi connectivity index (χ0v) is 14.7. The number of benzene rings is 1. The number of ether oxygens (including phenoxy) is 1.